The predicted molar refractivity (Wildman–Crippen MR) is 85.6 cm³/mol. The van der Waals surface area contributed by atoms with E-state index in [1.54, 1.807) is 18.6 Å². The fraction of sp³-hybridized carbons (Fsp3) is 0.278. The standard InChI is InChI=1S/C18H17N3O2/c22-18(14-10-13-4-1-2-6-17(13)23-12-14)21-9-3-5-16(21)15-11-19-7-8-20-15/h1-2,4,6-8,10-11,16H,3,5,9,12H2/t16-/m1/s1. The number of nitrogens with zero attached hydrogens (tertiary/aromatic N) is 3. The summed E-state index contributed by atoms with van der Waals surface area (Å²) in [5, 5.41) is 0. The molecule has 1 saturated heterocycles. The number of carbonyl (C=O) groups excluding carboxylic acids is 1. The molecule has 116 valence electrons. The van der Waals surface area contributed by atoms with Crippen LogP contribution in [0.5, 0.6) is 5.75 Å². The molecule has 5 heteroatoms. The van der Waals surface area contributed by atoms with Crippen molar-refractivity contribution in [1.29, 1.82) is 0 Å². The second-order valence-electron chi connectivity index (χ2n) is 5.78. The second kappa shape index (κ2) is 5.83. The molecule has 1 atom stereocenters. The first kappa shape index (κ1) is 13.9. The molecule has 2 aliphatic rings. The van der Waals surface area contributed by atoms with Gasteiger partial charge in [0.05, 0.1) is 23.5 Å². The van der Waals surface area contributed by atoms with Crippen LogP contribution in [0.2, 0.25) is 0 Å². The van der Waals surface area contributed by atoms with Gasteiger partial charge in [-0.05, 0) is 25.0 Å². The monoisotopic (exact) mass is 307 g/mol. The molecule has 0 aliphatic carbocycles. The van der Waals surface area contributed by atoms with Crippen LogP contribution >= 0.6 is 0 Å². The van der Waals surface area contributed by atoms with Gasteiger partial charge < -0.3 is 9.64 Å². The van der Waals surface area contributed by atoms with Gasteiger partial charge in [-0.1, -0.05) is 18.2 Å². The zero-order valence-corrected chi connectivity index (χ0v) is 12.7. The highest BCUT2D eigenvalue weighted by Crippen LogP contribution is 2.33. The van der Waals surface area contributed by atoms with E-state index in [0.29, 0.717) is 12.2 Å². The lowest BCUT2D eigenvalue weighted by atomic mass is 10.1. The molecule has 4 rings (SSSR count). The van der Waals surface area contributed by atoms with E-state index in [9.17, 15) is 4.79 Å². The Morgan fingerprint density at radius 1 is 1.26 bits per heavy atom. The molecule has 5 nitrogen and oxygen atoms in total. The molecular formula is C18H17N3O2. The minimum atomic E-state index is 0.00858. The zero-order chi connectivity index (χ0) is 15.6. The highest BCUT2D eigenvalue weighted by Gasteiger charge is 2.33. The van der Waals surface area contributed by atoms with Crippen molar-refractivity contribution in [1.82, 2.24) is 14.9 Å². The van der Waals surface area contributed by atoms with Crippen LogP contribution in [0, 0.1) is 0 Å². The Bertz CT molecular complexity index is 758. The van der Waals surface area contributed by atoms with Crippen LogP contribution in [0.25, 0.3) is 6.08 Å². The number of benzene rings is 1. The van der Waals surface area contributed by atoms with Gasteiger partial charge in [-0.25, -0.2) is 0 Å². The average Bonchev–Trinajstić information content (AvgIpc) is 3.11. The van der Waals surface area contributed by atoms with E-state index in [2.05, 4.69) is 9.97 Å². The second-order valence-corrected chi connectivity index (χ2v) is 5.78. The summed E-state index contributed by atoms with van der Waals surface area (Å²) in [5.74, 6) is 0.864. The highest BCUT2D eigenvalue weighted by atomic mass is 16.5. The summed E-state index contributed by atoms with van der Waals surface area (Å²) < 4.78 is 5.71. The summed E-state index contributed by atoms with van der Waals surface area (Å²) in [5.41, 5.74) is 2.51. The first-order valence-electron chi connectivity index (χ1n) is 7.82. The molecule has 0 unspecified atom stereocenters. The molecule has 1 amide bonds. The molecule has 2 aliphatic heterocycles. The van der Waals surface area contributed by atoms with Crippen molar-refractivity contribution >= 4 is 12.0 Å². The maximum absolute atomic E-state index is 12.9. The van der Waals surface area contributed by atoms with Crippen LogP contribution in [0.15, 0.2) is 48.4 Å². The number of para-hydroxylation sites is 1. The average molecular weight is 307 g/mol. The van der Waals surface area contributed by atoms with Gasteiger partial charge in [0, 0.05) is 24.5 Å². The van der Waals surface area contributed by atoms with Gasteiger partial charge in [0.2, 0.25) is 0 Å². The van der Waals surface area contributed by atoms with Crippen LogP contribution in [-0.2, 0) is 4.79 Å². The quantitative estimate of drug-likeness (QED) is 0.856. The molecule has 23 heavy (non-hydrogen) atoms. The predicted octanol–water partition coefficient (Wildman–Crippen LogP) is 2.62. The Morgan fingerprint density at radius 2 is 2.17 bits per heavy atom. The third kappa shape index (κ3) is 2.59. The molecule has 1 fully saturated rings. The number of aromatic nitrogens is 2. The maximum atomic E-state index is 12.9. The van der Waals surface area contributed by atoms with Gasteiger partial charge in [-0.3, -0.25) is 14.8 Å². The van der Waals surface area contributed by atoms with Crippen molar-refractivity contribution in [3.63, 3.8) is 0 Å². The Labute approximate surface area is 134 Å². The maximum Gasteiger partial charge on any atom is 0.253 e. The SMILES string of the molecule is O=C(C1=Cc2ccccc2OC1)N1CCC[C@@H]1c1cnccn1. The first-order valence-corrected chi connectivity index (χ1v) is 7.82. The molecule has 0 spiro atoms. The van der Waals surface area contributed by atoms with Gasteiger partial charge >= 0.3 is 0 Å². The van der Waals surface area contributed by atoms with Crippen LogP contribution < -0.4 is 4.74 Å². The lowest BCUT2D eigenvalue weighted by molar-refractivity contribution is -0.128. The Kier molecular flexibility index (Phi) is 3.54. The van der Waals surface area contributed by atoms with E-state index in [4.69, 9.17) is 4.74 Å². The highest BCUT2D eigenvalue weighted by molar-refractivity contribution is 5.99. The van der Waals surface area contributed by atoms with E-state index in [1.807, 2.05) is 35.2 Å². The molecule has 1 aromatic heterocycles. The van der Waals surface area contributed by atoms with E-state index < -0.39 is 0 Å². The minimum Gasteiger partial charge on any atom is -0.488 e. The van der Waals surface area contributed by atoms with Crippen molar-refractivity contribution in [2.75, 3.05) is 13.2 Å². The number of ether oxygens (including phenoxy) is 1. The lowest BCUT2D eigenvalue weighted by Crippen LogP contribution is -2.34. The minimum absolute atomic E-state index is 0.00858. The zero-order valence-electron chi connectivity index (χ0n) is 12.7. The number of hydrogen-bond acceptors (Lipinski definition) is 4. The Balaban J connectivity index is 1.61. The van der Waals surface area contributed by atoms with Gasteiger partial charge in [0.15, 0.2) is 0 Å². The Hall–Kier alpha value is -2.69. The van der Waals surface area contributed by atoms with Gasteiger partial charge in [-0.15, -0.1) is 0 Å². The number of carbonyl (C=O) groups is 1. The fourth-order valence-electron chi connectivity index (χ4n) is 3.22. The number of amides is 1. The lowest BCUT2D eigenvalue weighted by Gasteiger charge is -2.26. The number of rotatable bonds is 2. The van der Waals surface area contributed by atoms with Crippen LogP contribution in [0.3, 0.4) is 0 Å². The van der Waals surface area contributed by atoms with Crippen LogP contribution in [-0.4, -0.2) is 33.9 Å². The van der Waals surface area contributed by atoms with Crippen molar-refractivity contribution in [3.8, 4) is 5.75 Å². The van der Waals surface area contributed by atoms with E-state index in [-0.39, 0.29) is 11.9 Å². The van der Waals surface area contributed by atoms with E-state index in [0.717, 1.165) is 36.4 Å². The van der Waals surface area contributed by atoms with Gasteiger partial charge in [0.1, 0.15) is 12.4 Å². The summed E-state index contributed by atoms with van der Waals surface area (Å²) in [6, 6.07) is 7.78. The normalized spacial score (nSPS) is 19.7. The molecular weight excluding hydrogens is 290 g/mol. The third-order valence-corrected chi connectivity index (χ3v) is 4.34. The van der Waals surface area contributed by atoms with Gasteiger partial charge in [0.25, 0.3) is 5.91 Å². The fourth-order valence-corrected chi connectivity index (χ4v) is 3.22. The van der Waals surface area contributed by atoms with E-state index >= 15 is 0 Å². The van der Waals surface area contributed by atoms with Crippen molar-refractivity contribution in [2.24, 2.45) is 0 Å². The molecule has 0 radical (unpaired) electrons. The molecule has 0 saturated carbocycles. The number of fused-ring (bicyclic) bond motifs is 1. The summed E-state index contributed by atoms with van der Waals surface area (Å²) in [6.45, 7) is 1.07. The smallest absolute Gasteiger partial charge is 0.253 e. The van der Waals surface area contributed by atoms with Crippen LogP contribution in [0.1, 0.15) is 30.1 Å². The van der Waals surface area contributed by atoms with Crippen molar-refractivity contribution < 1.29 is 9.53 Å². The topological polar surface area (TPSA) is 55.3 Å². The van der Waals surface area contributed by atoms with E-state index in [1.165, 1.54) is 0 Å². The van der Waals surface area contributed by atoms with Gasteiger partial charge in [-0.2, -0.15) is 0 Å². The largest absolute Gasteiger partial charge is 0.488 e. The molecule has 0 bridgehead atoms. The van der Waals surface area contributed by atoms with Crippen molar-refractivity contribution in [2.45, 2.75) is 18.9 Å². The molecule has 2 aromatic rings. The molecule has 0 N–H and O–H groups in total. The first-order chi connectivity index (χ1) is 11.3. The molecule has 1 aromatic carbocycles. The Morgan fingerprint density at radius 3 is 3.04 bits per heavy atom. The number of likely N-dealkylation sites (tertiary alicyclic amines) is 1. The van der Waals surface area contributed by atoms with Crippen molar-refractivity contribution in [3.05, 3.63) is 59.7 Å². The molecule has 3 heterocycles. The summed E-state index contributed by atoms with van der Waals surface area (Å²) >= 11 is 0. The summed E-state index contributed by atoms with van der Waals surface area (Å²) in [7, 11) is 0. The van der Waals surface area contributed by atoms with Crippen LogP contribution in [0.4, 0.5) is 0 Å². The third-order valence-electron chi connectivity index (χ3n) is 4.34. The summed E-state index contributed by atoms with van der Waals surface area (Å²) in [6.07, 6.45) is 8.92. The summed E-state index contributed by atoms with van der Waals surface area (Å²) in [4.78, 5) is 23.3. The number of hydrogen-bond donors (Lipinski definition) is 0.